The number of rotatable bonds is 5. The molecule has 2 aromatic rings. The Balaban J connectivity index is 2.02. The van der Waals surface area contributed by atoms with E-state index in [1.807, 2.05) is 30.5 Å². The zero-order chi connectivity index (χ0) is 12.1. The van der Waals surface area contributed by atoms with E-state index in [-0.39, 0.29) is 6.61 Å². The van der Waals surface area contributed by atoms with Crippen molar-refractivity contribution in [3.05, 3.63) is 47.8 Å². The lowest BCUT2D eigenvalue weighted by molar-refractivity contribution is 0.281. The number of anilines is 1. The van der Waals surface area contributed by atoms with Crippen LogP contribution in [0, 0.1) is 0 Å². The standard InChI is InChI=1S/C13H17N3O/c1-2-16-7-6-14-13(16)15-9-11-4-3-5-12(8-11)10-17/h3-8,17H,2,9-10H2,1H3,(H,14,15). The zero-order valence-electron chi connectivity index (χ0n) is 9.93. The van der Waals surface area contributed by atoms with Gasteiger partial charge in [-0.25, -0.2) is 4.98 Å². The molecule has 0 saturated carbocycles. The second kappa shape index (κ2) is 5.50. The number of imidazole rings is 1. The summed E-state index contributed by atoms with van der Waals surface area (Å²) in [7, 11) is 0. The molecule has 0 amide bonds. The number of aromatic nitrogens is 2. The second-order valence-electron chi connectivity index (χ2n) is 3.87. The van der Waals surface area contributed by atoms with Crippen molar-refractivity contribution in [2.75, 3.05) is 5.32 Å². The molecule has 90 valence electrons. The molecule has 0 unspecified atom stereocenters. The minimum absolute atomic E-state index is 0.0808. The van der Waals surface area contributed by atoms with Crippen molar-refractivity contribution in [3.8, 4) is 0 Å². The lowest BCUT2D eigenvalue weighted by atomic mass is 10.1. The summed E-state index contributed by atoms with van der Waals surface area (Å²) in [5.74, 6) is 0.877. The van der Waals surface area contributed by atoms with Crippen LogP contribution in [0.1, 0.15) is 18.1 Å². The number of aryl methyl sites for hydroxylation is 1. The van der Waals surface area contributed by atoms with Gasteiger partial charge in [0.25, 0.3) is 0 Å². The summed E-state index contributed by atoms with van der Waals surface area (Å²) in [6, 6.07) is 7.89. The Bertz CT molecular complexity index is 479. The van der Waals surface area contributed by atoms with Crippen LogP contribution in [0.4, 0.5) is 5.95 Å². The van der Waals surface area contributed by atoms with E-state index in [0.29, 0.717) is 6.54 Å². The molecule has 2 rings (SSSR count). The average Bonchev–Trinajstić information content (AvgIpc) is 2.84. The Morgan fingerprint density at radius 3 is 2.94 bits per heavy atom. The maximum absolute atomic E-state index is 9.06. The molecule has 1 heterocycles. The van der Waals surface area contributed by atoms with E-state index >= 15 is 0 Å². The van der Waals surface area contributed by atoms with Crippen LogP contribution < -0.4 is 5.32 Å². The molecule has 0 spiro atoms. The third kappa shape index (κ3) is 2.85. The van der Waals surface area contributed by atoms with E-state index in [1.54, 1.807) is 6.20 Å². The number of nitrogens with zero attached hydrogens (tertiary/aromatic N) is 2. The van der Waals surface area contributed by atoms with Crippen LogP contribution in [0.15, 0.2) is 36.7 Å². The highest BCUT2D eigenvalue weighted by Gasteiger charge is 2.00. The van der Waals surface area contributed by atoms with Gasteiger partial charge in [0.2, 0.25) is 5.95 Å². The molecule has 2 N–H and O–H groups in total. The Morgan fingerprint density at radius 1 is 1.35 bits per heavy atom. The van der Waals surface area contributed by atoms with Gasteiger partial charge in [0.1, 0.15) is 0 Å². The van der Waals surface area contributed by atoms with Crippen molar-refractivity contribution in [3.63, 3.8) is 0 Å². The number of nitrogens with one attached hydrogen (secondary N) is 1. The molecular weight excluding hydrogens is 214 g/mol. The number of hydrogen-bond donors (Lipinski definition) is 2. The van der Waals surface area contributed by atoms with E-state index in [1.165, 1.54) is 0 Å². The molecule has 0 aliphatic rings. The van der Waals surface area contributed by atoms with Gasteiger partial charge in [0.15, 0.2) is 0 Å². The molecule has 4 nitrogen and oxygen atoms in total. The first kappa shape index (κ1) is 11.7. The first-order valence-electron chi connectivity index (χ1n) is 5.77. The van der Waals surface area contributed by atoms with Crippen molar-refractivity contribution in [2.45, 2.75) is 26.6 Å². The van der Waals surface area contributed by atoms with Gasteiger partial charge in [-0.2, -0.15) is 0 Å². The van der Waals surface area contributed by atoms with E-state index in [4.69, 9.17) is 5.11 Å². The Labute approximate surface area is 101 Å². The molecule has 0 radical (unpaired) electrons. The Hall–Kier alpha value is -1.81. The molecule has 1 aromatic carbocycles. The second-order valence-corrected chi connectivity index (χ2v) is 3.87. The number of aliphatic hydroxyl groups excluding tert-OH is 1. The topological polar surface area (TPSA) is 50.1 Å². The Kier molecular flexibility index (Phi) is 3.77. The maximum Gasteiger partial charge on any atom is 0.203 e. The molecular formula is C13H17N3O. The smallest absolute Gasteiger partial charge is 0.203 e. The summed E-state index contributed by atoms with van der Waals surface area (Å²) >= 11 is 0. The number of hydrogen-bond acceptors (Lipinski definition) is 3. The SMILES string of the molecule is CCn1ccnc1NCc1cccc(CO)c1. The van der Waals surface area contributed by atoms with Gasteiger partial charge in [0.05, 0.1) is 6.61 Å². The minimum atomic E-state index is 0.0808. The van der Waals surface area contributed by atoms with Gasteiger partial charge in [-0.1, -0.05) is 24.3 Å². The molecule has 0 fully saturated rings. The molecule has 1 aromatic heterocycles. The van der Waals surface area contributed by atoms with E-state index < -0.39 is 0 Å². The fourth-order valence-electron chi connectivity index (χ4n) is 1.75. The molecule has 0 saturated heterocycles. The monoisotopic (exact) mass is 231 g/mol. The van der Waals surface area contributed by atoms with Crippen LogP contribution >= 0.6 is 0 Å². The van der Waals surface area contributed by atoms with E-state index in [0.717, 1.165) is 23.6 Å². The van der Waals surface area contributed by atoms with Crippen molar-refractivity contribution in [1.29, 1.82) is 0 Å². The van der Waals surface area contributed by atoms with E-state index in [2.05, 4.69) is 21.8 Å². The minimum Gasteiger partial charge on any atom is -0.392 e. The van der Waals surface area contributed by atoms with Gasteiger partial charge < -0.3 is 15.0 Å². The zero-order valence-corrected chi connectivity index (χ0v) is 9.93. The third-order valence-corrected chi connectivity index (χ3v) is 2.68. The van der Waals surface area contributed by atoms with Gasteiger partial charge in [0, 0.05) is 25.5 Å². The molecule has 0 bridgehead atoms. The highest BCUT2D eigenvalue weighted by Crippen LogP contribution is 2.09. The lowest BCUT2D eigenvalue weighted by Gasteiger charge is -2.08. The quantitative estimate of drug-likeness (QED) is 0.827. The van der Waals surface area contributed by atoms with Crippen LogP contribution in [0.3, 0.4) is 0 Å². The molecule has 0 aliphatic heterocycles. The largest absolute Gasteiger partial charge is 0.392 e. The van der Waals surface area contributed by atoms with E-state index in [9.17, 15) is 0 Å². The van der Waals surface area contributed by atoms with Gasteiger partial charge in [-0.3, -0.25) is 0 Å². The van der Waals surface area contributed by atoms with Crippen LogP contribution in [0.5, 0.6) is 0 Å². The summed E-state index contributed by atoms with van der Waals surface area (Å²) in [6.07, 6.45) is 3.74. The van der Waals surface area contributed by atoms with Crippen molar-refractivity contribution < 1.29 is 5.11 Å². The van der Waals surface area contributed by atoms with Crippen molar-refractivity contribution >= 4 is 5.95 Å². The number of benzene rings is 1. The molecule has 17 heavy (non-hydrogen) atoms. The summed E-state index contributed by atoms with van der Waals surface area (Å²) in [6.45, 7) is 3.78. The molecule has 0 atom stereocenters. The highest BCUT2D eigenvalue weighted by molar-refractivity contribution is 5.30. The first-order valence-corrected chi connectivity index (χ1v) is 5.77. The summed E-state index contributed by atoms with van der Waals surface area (Å²) in [5.41, 5.74) is 2.07. The van der Waals surface area contributed by atoms with Crippen molar-refractivity contribution in [1.82, 2.24) is 9.55 Å². The Morgan fingerprint density at radius 2 is 2.18 bits per heavy atom. The maximum atomic E-state index is 9.06. The predicted octanol–water partition coefficient (Wildman–Crippen LogP) is 2.01. The predicted molar refractivity (Wildman–Crippen MR) is 67.6 cm³/mol. The summed E-state index contributed by atoms with van der Waals surface area (Å²) < 4.78 is 2.05. The van der Waals surface area contributed by atoms with Crippen molar-refractivity contribution in [2.24, 2.45) is 0 Å². The molecule has 4 heteroatoms. The third-order valence-electron chi connectivity index (χ3n) is 2.68. The summed E-state index contributed by atoms with van der Waals surface area (Å²) in [5, 5.41) is 12.3. The van der Waals surface area contributed by atoms with Crippen LogP contribution in [-0.2, 0) is 19.7 Å². The van der Waals surface area contributed by atoms with Crippen LogP contribution in [0.25, 0.3) is 0 Å². The van der Waals surface area contributed by atoms with Gasteiger partial charge >= 0.3 is 0 Å². The van der Waals surface area contributed by atoms with Gasteiger partial charge in [-0.05, 0) is 18.1 Å². The first-order chi connectivity index (χ1) is 8.33. The van der Waals surface area contributed by atoms with Gasteiger partial charge in [-0.15, -0.1) is 0 Å². The van der Waals surface area contributed by atoms with Crippen LogP contribution in [0.2, 0.25) is 0 Å². The fourth-order valence-corrected chi connectivity index (χ4v) is 1.75. The number of aliphatic hydroxyl groups is 1. The highest BCUT2D eigenvalue weighted by atomic mass is 16.3. The lowest BCUT2D eigenvalue weighted by Crippen LogP contribution is -2.06. The average molecular weight is 231 g/mol. The summed E-state index contributed by atoms with van der Waals surface area (Å²) in [4.78, 5) is 4.25. The molecule has 0 aliphatic carbocycles. The van der Waals surface area contributed by atoms with Crippen LogP contribution in [-0.4, -0.2) is 14.7 Å². The normalized spacial score (nSPS) is 10.5. The fraction of sp³-hybridized carbons (Fsp3) is 0.308.